The molecule has 0 saturated carbocycles. The number of carbonyl (C=O) groups is 2. The number of aryl methyl sites for hydroxylation is 1. The number of nitrogens with zero attached hydrogens (tertiary/aromatic N) is 3. The number of amides is 2. The number of carbonyl (C=O) groups excluding carboxylic acids is 2. The molecule has 30 heavy (non-hydrogen) atoms. The molecule has 5 nitrogen and oxygen atoms in total. The topological polar surface area (TPSA) is 45.6 Å². The summed E-state index contributed by atoms with van der Waals surface area (Å²) in [7, 11) is 0. The zero-order valence-electron chi connectivity index (χ0n) is 17.1. The second-order valence-corrected chi connectivity index (χ2v) is 8.65. The van der Waals surface area contributed by atoms with Crippen molar-refractivity contribution in [3.05, 3.63) is 82.3 Å². The molecule has 1 aliphatic rings. The van der Waals surface area contributed by atoms with Crippen LogP contribution in [0.2, 0.25) is 0 Å². The highest BCUT2D eigenvalue weighted by atomic mass is 32.1. The maximum Gasteiger partial charge on any atom is 0.270 e. The summed E-state index contributed by atoms with van der Waals surface area (Å²) < 4.78 is 2.01. The zero-order chi connectivity index (χ0) is 20.8. The molecule has 0 unspecified atom stereocenters. The van der Waals surface area contributed by atoms with Crippen LogP contribution in [0.3, 0.4) is 0 Å². The SMILES string of the molecule is O=C(CCCc1ccccc1)N1CCN(C(=O)c2cccn2Cc2cccs2)CC1. The molecule has 1 fully saturated rings. The van der Waals surface area contributed by atoms with Crippen LogP contribution in [0.4, 0.5) is 0 Å². The summed E-state index contributed by atoms with van der Waals surface area (Å²) in [5.74, 6) is 0.242. The van der Waals surface area contributed by atoms with Crippen LogP contribution in [0.5, 0.6) is 0 Å². The molecule has 0 spiro atoms. The number of thiophene rings is 1. The van der Waals surface area contributed by atoms with E-state index in [1.165, 1.54) is 10.4 Å². The lowest BCUT2D eigenvalue weighted by Crippen LogP contribution is -2.50. The first-order valence-corrected chi connectivity index (χ1v) is 11.4. The molecule has 156 valence electrons. The van der Waals surface area contributed by atoms with E-state index in [0.29, 0.717) is 44.8 Å². The highest BCUT2D eigenvalue weighted by Crippen LogP contribution is 2.16. The van der Waals surface area contributed by atoms with Gasteiger partial charge in [0.15, 0.2) is 0 Å². The summed E-state index contributed by atoms with van der Waals surface area (Å²) in [6.07, 6.45) is 4.30. The van der Waals surface area contributed by atoms with Gasteiger partial charge in [0.05, 0.1) is 6.54 Å². The third kappa shape index (κ3) is 5.00. The Balaban J connectivity index is 1.26. The lowest BCUT2D eigenvalue weighted by atomic mass is 10.1. The first kappa shape index (κ1) is 20.4. The molecule has 1 aromatic carbocycles. The zero-order valence-corrected chi connectivity index (χ0v) is 17.9. The second-order valence-electron chi connectivity index (χ2n) is 7.61. The van der Waals surface area contributed by atoms with E-state index in [9.17, 15) is 9.59 Å². The van der Waals surface area contributed by atoms with Crippen molar-refractivity contribution in [1.29, 1.82) is 0 Å². The van der Waals surface area contributed by atoms with Gasteiger partial charge in [0.25, 0.3) is 5.91 Å². The second kappa shape index (κ2) is 9.76. The van der Waals surface area contributed by atoms with Gasteiger partial charge in [-0.15, -0.1) is 11.3 Å². The predicted octanol–water partition coefficient (Wildman–Crippen LogP) is 3.91. The Hall–Kier alpha value is -2.86. The Kier molecular flexibility index (Phi) is 6.64. The van der Waals surface area contributed by atoms with Gasteiger partial charge in [-0.25, -0.2) is 0 Å². The van der Waals surface area contributed by atoms with E-state index in [1.807, 2.05) is 57.0 Å². The molecule has 1 saturated heterocycles. The highest BCUT2D eigenvalue weighted by molar-refractivity contribution is 7.09. The third-order valence-corrected chi connectivity index (χ3v) is 6.43. The van der Waals surface area contributed by atoms with Crippen LogP contribution >= 0.6 is 11.3 Å². The Morgan fingerprint density at radius 2 is 1.63 bits per heavy atom. The van der Waals surface area contributed by atoms with Crippen LogP contribution in [0, 0.1) is 0 Å². The molecule has 0 N–H and O–H groups in total. The Labute approximate surface area is 181 Å². The van der Waals surface area contributed by atoms with Gasteiger partial charge < -0.3 is 14.4 Å². The number of hydrogen-bond acceptors (Lipinski definition) is 3. The number of piperazine rings is 1. The van der Waals surface area contributed by atoms with E-state index in [0.717, 1.165) is 12.8 Å². The molecular weight excluding hydrogens is 394 g/mol. The monoisotopic (exact) mass is 421 g/mol. The summed E-state index contributed by atoms with van der Waals surface area (Å²) in [5.41, 5.74) is 1.98. The standard InChI is InChI=1S/C24H27N3O2S/c28-23(12-4-9-20-7-2-1-3-8-20)25-14-16-26(17-15-25)24(29)22-11-5-13-27(22)19-21-10-6-18-30-21/h1-3,5-8,10-11,13,18H,4,9,12,14-17,19H2. The first-order chi connectivity index (χ1) is 14.7. The first-order valence-electron chi connectivity index (χ1n) is 10.5. The minimum Gasteiger partial charge on any atom is -0.339 e. The van der Waals surface area contributed by atoms with Crippen molar-refractivity contribution >= 4 is 23.2 Å². The van der Waals surface area contributed by atoms with Gasteiger partial charge in [-0.3, -0.25) is 9.59 Å². The van der Waals surface area contributed by atoms with Crippen molar-refractivity contribution in [2.45, 2.75) is 25.8 Å². The van der Waals surface area contributed by atoms with Gasteiger partial charge in [0.1, 0.15) is 5.69 Å². The van der Waals surface area contributed by atoms with Gasteiger partial charge in [-0.05, 0) is 42.0 Å². The Morgan fingerprint density at radius 1 is 0.867 bits per heavy atom. The van der Waals surface area contributed by atoms with Crippen molar-refractivity contribution < 1.29 is 9.59 Å². The Bertz CT molecular complexity index is 958. The van der Waals surface area contributed by atoms with Crippen molar-refractivity contribution in [2.24, 2.45) is 0 Å². The minimum absolute atomic E-state index is 0.0488. The molecule has 3 aromatic rings. The molecule has 6 heteroatoms. The fraction of sp³-hybridized carbons (Fsp3) is 0.333. The molecule has 0 atom stereocenters. The molecule has 1 aliphatic heterocycles. The van der Waals surface area contributed by atoms with Crippen LogP contribution in [-0.2, 0) is 17.8 Å². The van der Waals surface area contributed by atoms with Crippen LogP contribution < -0.4 is 0 Å². The van der Waals surface area contributed by atoms with Crippen molar-refractivity contribution in [3.8, 4) is 0 Å². The fourth-order valence-corrected chi connectivity index (χ4v) is 4.59. The average molecular weight is 422 g/mol. The largest absolute Gasteiger partial charge is 0.339 e. The van der Waals surface area contributed by atoms with Crippen LogP contribution in [0.15, 0.2) is 66.2 Å². The van der Waals surface area contributed by atoms with Crippen molar-refractivity contribution in [2.75, 3.05) is 26.2 Å². The summed E-state index contributed by atoms with van der Waals surface area (Å²) in [6.45, 7) is 3.12. The molecule has 0 aliphatic carbocycles. The van der Waals surface area contributed by atoms with E-state index < -0.39 is 0 Å². The lowest BCUT2D eigenvalue weighted by molar-refractivity contribution is -0.132. The number of benzene rings is 1. The van der Waals surface area contributed by atoms with E-state index in [2.05, 4.69) is 23.6 Å². The highest BCUT2D eigenvalue weighted by Gasteiger charge is 2.26. The van der Waals surface area contributed by atoms with E-state index in [-0.39, 0.29) is 11.8 Å². The molecule has 2 amide bonds. The number of aromatic nitrogens is 1. The molecule has 4 rings (SSSR count). The quantitative estimate of drug-likeness (QED) is 0.581. The van der Waals surface area contributed by atoms with E-state index in [1.54, 1.807) is 11.3 Å². The van der Waals surface area contributed by atoms with Crippen LogP contribution in [0.25, 0.3) is 0 Å². The van der Waals surface area contributed by atoms with Gasteiger partial charge in [-0.2, -0.15) is 0 Å². The summed E-state index contributed by atoms with van der Waals surface area (Å²) in [6, 6.07) is 18.2. The molecular formula is C24H27N3O2S. The van der Waals surface area contributed by atoms with Crippen molar-refractivity contribution in [1.82, 2.24) is 14.4 Å². The number of rotatable bonds is 7. The van der Waals surface area contributed by atoms with Gasteiger partial charge in [0.2, 0.25) is 5.91 Å². The maximum atomic E-state index is 13.0. The summed E-state index contributed by atoms with van der Waals surface area (Å²) in [4.78, 5) is 30.6. The predicted molar refractivity (Wildman–Crippen MR) is 120 cm³/mol. The molecule has 0 bridgehead atoms. The smallest absolute Gasteiger partial charge is 0.270 e. The van der Waals surface area contributed by atoms with Gasteiger partial charge in [-0.1, -0.05) is 36.4 Å². The van der Waals surface area contributed by atoms with Crippen molar-refractivity contribution in [3.63, 3.8) is 0 Å². The minimum atomic E-state index is 0.0488. The molecule has 0 radical (unpaired) electrons. The van der Waals surface area contributed by atoms with E-state index in [4.69, 9.17) is 0 Å². The summed E-state index contributed by atoms with van der Waals surface area (Å²) in [5, 5.41) is 2.05. The van der Waals surface area contributed by atoms with Crippen LogP contribution in [0.1, 0.15) is 33.8 Å². The third-order valence-electron chi connectivity index (χ3n) is 5.57. The molecule has 2 aromatic heterocycles. The van der Waals surface area contributed by atoms with Gasteiger partial charge >= 0.3 is 0 Å². The molecule has 3 heterocycles. The number of hydrogen-bond donors (Lipinski definition) is 0. The Morgan fingerprint density at radius 3 is 2.37 bits per heavy atom. The fourth-order valence-electron chi connectivity index (χ4n) is 3.88. The van der Waals surface area contributed by atoms with Gasteiger partial charge in [0, 0.05) is 43.7 Å². The lowest BCUT2D eigenvalue weighted by Gasteiger charge is -2.35. The maximum absolute atomic E-state index is 13.0. The van der Waals surface area contributed by atoms with Crippen LogP contribution in [-0.4, -0.2) is 52.4 Å². The normalized spacial score (nSPS) is 14.1. The average Bonchev–Trinajstić information content (AvgIpc) is 3.47. The summed E-state index contributed by atoms with van der Waals surface area (Å²) >= 11 is 1.70. The van der Waals surface area contributed by atoms with E-state index >= 15 is 0 Å².